The molecule has 0 radical (unpaired) electrons. The lowest BCUT2D eigenvalue weighted by atomic mass is 10.0. The van der Waals surface area contributed by atoms with E-state index in [4.69, 9.17) is 0 Å². The molecule has 7 heteroatoms. The third-order valence-corrected chi connectivity index (χ3v) is 3.36. The summed E-state index contributed by atoms with van der Waals surface area (Å²) in [6, 6.07) is 0.482. The van der Waals surface area contributed by atoms with Crippen LogP contribution in [0.25, 0.3) is 0 Å². The highest BCUT2D eigenvalue weighted by Gasteiger charge is 2.21. The Kier molecular flexibility index (Phi) is 4.37. The van der Waals surface area contributed by atoms with Crippen LogP contribution in [-0.2, 0) is 4.74 Å². The number of piperazine rings is 1. The van der Waals surface area contributed by atoms with Crippen molar-refractivity contribution in [2.75, 3.05) is 31.6 Å². The van der Waals surface area contributed by atoms with Gasteiger partial charge in [0.1, 0.15) is 5.82 Å². The molecule has 0 aromatic carbocycles. The van der Waals surface area contributed by atoms with Gasteiger partial charge in [0.15, 0.2) is 13.5 Å². The van der Waals surface area contributed by atoms with Gasteiger partial charge in [0.2, 0.25) is 0 Å². The number of methoxy groups -OCH3 is 1. The molecule has 6 nitrogen and oxygen atoms in total. The summed E-state index contributed by atoms with van der Waals surface area (Å²) in [4.78, 5) is 22.3. The molecular weight excluding hydrogens is 243 g/mol. The Hall–Kier alpha value is -1.63. The third kappa shape index (κ3) is 3.04. The highest BCUT2D eigenvalue weighted by molar-refractivity contribution is 6.33. The quantitative estimate of drug-likeness (QED) is 0.540. The number of carbonyl (C=O) groups excluding carboxylic acids is 1. The van der Waals surface area contributed by atoms with Gasteiger partial charge < -0.3 is 15.0 Å². The lowest BCUT2D eigenvalue weighted by Crippen LogP contribution is -2.52. The lowest BCUT2D eigenvalue weighted by molar-refractivity contribution is 0.0594. The molecular formula is C12H19BN4O2. The predicted octanol–water partition coefficient (Wildman–Crippen LogP) is -1.29. The Morgan fingerprint density at radius 1 is 1.68 bits per heavy atom. The average Bonchev–Trinajstić information content (AvgIpc) is 2.46. The van der Waals surface area contributed by atoms with E-state index in [9.17, 15) is 4.79 Å². The van der Waals surface area contributed by atoms with E-state index in [1.165, 1.54) is 13.3 Å². The van der Waals surface area contributed by atoms with Gasteiger partial charge >= 0.3 is 5.97 Å². The monoisotopic (exact) mass is 262 g/mol. The van der Waals surface area contributed by atoms with Crippen LogP contribution in [0.15, 0.2) is 6.20 Å². The van der Waals surface area contributed by atoms with Gasteiger partial charge in [0, 0.05) is 31.3 Å². The second kappa shape index (κ2) is 6.01. The molecule has 1 saturated heterocycles. The number of anilines is 1. The zero-order chi connectivity index (χ0) is 13.8. The second-order valence-electron chi connectivity index (χ2n) is 4.66. The summed E-state index contributed by atoms with van der Waals surface area (Å²) in [7, 11) is 3.22. The fourth-order valence-electron chi connectivity index (χ4n) is 2.28. The van der Waals surface area contributed by atoms with Crippen molar-refractivity contribution in [3.8, 4) is 0 Å². The van der Waals surface area contributed by atoms with Crippen LogP contribution in [0.5, 0.6) is 0 Å². The maximum Gasteiger partial charge on any atom is 0.358 e. The maximum absolute atomic E-state index is 11.4. The van der Waals surface area contributed by atoms with Crippen LogP contribution < -0.4 is 15.8 Å². The zero-order valence-corrected chi connectivity index (χ0v) is 11.6. The molecule has 1 aliphatic heterocycles. The number of ether oxygens (including phenoxy) is 1. The normalized spacial score (nSPS) is 19.3. The van der Waals surface area contributed by atoms with Crippen molar-refractivity contribution in [2.24, 2.45) is 0 Å². The van der Waals surface area contributed by atoms with E-state index >= 15 is 0 Å². The summed E-state index contributed by atoms with van der Waals surface area (Å²) >= 11 is 0. The van der Waals surface area contributed by atoms with E-state index in [0.717, 1.165) is 37.5 Å². The Labute approximate surface area is 114 Å². The van der Waals surface area contributed by atoms with Gasteiger partial charge in [0.25, 0.3) is 0 Å². The van der Waals surface area contributed by atoms with Crippen LogP contribution in [0.4, 0.5) is 5.82 Å². The molecule has 19 heavy (non-hydrogen) atoms. The van der Waals surface area contributed by atoms with Crippen LogP contribution in [0.2, 0.25) is 0 Å². The Morgan fingerprint density at radius 2 is 2.47 bits per heavy atom. The summed E-state index contributed by atoms with van der Waals surface area (Å²) in [6.45, 7) is 4.94. The van der Waals surface area contributed by atoms with Crippen molar-refractivity contribution in [1.29, 1.82) is 0 Å². The topological polar surface area (TPSA) is 67.3 Å². The van der Waals surface area contributed by atoms with Crippen LogP contribution in [0, 0.1) is 0 Å². The van der Waals surface area contributed by atoms with E-state index in [1.54, 1.807) is 0 Å². The van der Waals surface area contributed by atoms with Crippen LogP contribution in [0.1, 0.15) is 23.8 Å². The molecule has 1 aromatic rings. The summed E-state index contributed by atoms with van der Waals surface area (Å²) in [6.07, 6.45) is 2.57. The van der Waals surface area contributed by atoms with Crippen molar-refractivity contribution in [3.05, 3.63) is 11.9 Å². The van der Waals surface area contributed by atoms with Gasteiger partial charge in [-0.05, 0) is 6.42 Å². The summed E-state index contributed by atoms with van der Waals surface area (Å²) in [5.74, 6) is 0.404. The molecule has 1 aromatic heterocycles. The smallest absolute Gasteiger partial charge is 0.358 e. The molecule has 102 valence electrons. The zero-order valence-electron chi connectivity index (χ0n) is 11.6. The Bertz CT molecular complexity index is 469. The van der Waals surface area contributed by atoms with Gasteiger partial charge in [-0.25, -0.2) is 9.78 Å². The first-order valence-electron chi connectivity index (χ1n) is 6.56. The van der Waals surface area contributed by atoms with Gasteiger partial charge in [-0.1, -0.05) is 6.92 Å². The summed E-state index contributed by atoms with van der Waals surface area (Å²) in [5, 5.41) is 3.46. The fraction of sp³-hybridized carbons (Fsp3) is 0.583. The molecule has 1 N–H and O–H groups in total. The van der Waals surface area contributed by atoms with E-state index in [1.807, 2.05) is 7.85 Å². The SMILES string of the molecule is Bc1nc(C(=O)OC)cnc1N1CCN[C@@H](CC)C1. The number of esters is 1. The minimum absolute atomic E-state index is 0.255. The number of nitrogens with one attached hydrogen (secondary N) is 1. The molecule has 1 aliphatic rings. The van der Waals surface area contributed by atoms with E-state index < -0.39 is 5.97 Å². The molecule has 0 aliphatic carbocycles. The van der Waals surface area contributed by atoms with E-state index in [0.29, 0.717) is 6.04 Å². The molecule has 0 unspecified atom stereocenters. The summed E-state index contributed by atoms with van der Waals surface area (Å²) in [5.41, 5.74) is 1.02. The number of nitrogens with zero attached hydrogens (tertiary/aromatic N) is 3. The minimum atomic E-state index is -0.450. The Balaban J connectivity index is 2.18. The van der Waals surface area contributed by atoms with Gasteiger partial charge in [-0.3, -0.25) is 4.98 Å². The van der Waals surface area contributed by atoms with Crippen molar-refractivity contribution < 1.29 is 9.53 Å². The molecule has 0 saturated carbocycles. The number of hydrogen-bond acceptors (Lipinski definition) is 6. The summed E-state index contributed by atoms with van der Waals surface area (Å²) < 4.78 is 4.65. The first kappa shape index (κ1) is 13.8. The van der Waals surface area contributed by atoms with Gasteiger partial charge in [-0.2, -0.15) is 0 Å². The highest BCUT2D eigenvalue weighted by atomic mass is 16.5. The number of rotatable bonds is 3. The molecule has 0 amide bonds. The van der Waals surface area contributed by atoms with Gasteiger partial charge in [0.05, 0.1) is 13.3 Å². The highest BCUT2D eigenvalue weighted by Crippen LogP contribution is 2.11. The van der Waals surface area contributed by atoms with Crippen molar-refractivity contribution in [1.82, 2.24) is 15.3 Å². The fourth-order valence-corrected chi connectivity index (χ4v) is 2.28. The largest absolute Gasteiger partial charge is 0.464 e. The number of hydrogen-bond donors (Lipinski definition) is 1. The van der Waals surface area contributed by atoms with Crippen LogP contribution in [-0.4, -0.2) is 56.6 Å². The molecule has 1 fully saturated rings. The van der Waals surface area contributed by atoms with E-state index in [-0.39, 0.29) is 5.69 Å². The standard InChI is InChI=1S/C12H19BN4O2/c1-3-8-7-17(5-4-14-8)11-10(13)16-9(6-15-11)12(18)19-2/h6,8,14H,3-5,7,13H2,1-2H3/t8-/m0/s1. The molecule has 2 heterocycles. The number of aromatic nitrogens is 2. The first-order chi connectivity index (χ1) is 9.15. The van der Waals surface area contributed by atoms with Crippen LogP contribution >= 0.6 is 0 Å². The van der Waals surface area contributed by atoms with Crippen molar-refractivity contribution in [3.63, 3.8) is 0 Å². The average molecular weight is 262 g/mol. The van der Waals surface area contributed by atoms with E-state index in [2.05, 4.69) is 31.8 Å². The van der Waals surface area contributed by atoms with Crippen LogP contribution in [0.3, 0.4) is 0 Å². The maximum atomic E-state index is 11.4. The lowest BCUT2D eigenvalue weighted by Gasteiger charge is -2.34. The van der Waals surface area contributed by atoms with Gasteiger partial charge in [-0.15, -0.1) is 0 Å². The molecule has 0 spiro atoms. The number of carbonyl (C=O) groups is 1. The predicted molar refractivity (Wildman–Crippen MR) is 75.8 cm³/mol. The van der Waals surface area contributed by atoms with Crippen molar-refractivity contribution >= 4 is 25.2 Å². The minimum Gasteiger partial charge on any atom is -0.464 e. The first-order valence-corrected chi connectivity index (χ1v) is 6.56. The van der Waals surface area contributed by atoms with Crippen molar-refractivity contribution in [2.45, 2.75) is 19.4 Å². The molecule has 0 bridgehead atoms. The molecule has 2 rings (SSSR count). The second-order valence-corrected chi connectivity index (χ2v) is 4.66. The molecule has 1 atom stereocenters. The third-order valence-electron chi connectivity index (χ3n) is 3.36. The Morgan fingerprint density at radius 3 is 3.11 bits per heavy atom.